The highest BCUT2D eigenvalue weighted by Gasteiger charge is 2.44. The first-order valence-electron chi connectivity index (χ1n) is 12.6. The summed E-state index contributed by atoms with van der Waals surface area (Å²) in [6, 6.07) is 11.8. The number of carbonyl (C=O) groups excluding carboxylic acids is 1. The summed E-state index contributed by atoms with van der Waals surface area (Å²) in [6.45, 7) is 7.93. The molecule has 36 heavy (non-hydrogen) atoms. The summed E-state index contributed by atoms with van der Waals surface area (Å²) in [7, 11) is 5.37. The monoisotopic (exact) mass is 491 g/mol. The molecule has 2 bridgehead atoms. The van der Waals surface area contributed by atoms with Crippen LogP contribution in [0.25, 0.3) is 12.2 Å². The summed E-state index contributed by atoms with van der Waals surface area (Å²) < 4.78 is 22.8. The Morgan fingerprint density at radius 3 is 1.53 bits per heavy atom. The molecule has 2 aliphatic rings. The number of hydrogen-bond donors (Lipinski definition) is 0. The van der Waals surface area contributed by atoms with Gasteiger partial charge in [0.15, 0.2) is 28.8 Å². The molecule has 2 saturated heterocycles. The number of nitrogens with zero attached hydrogens (tertiary/aromatic N) is 1. The zero-order valence-electron chi connectivity index (χ0n) is 22.3. The molecular weight excluding hydrogens is 454 g/mol. The van der Waals surface area contributed by atoms with Crippen LogP contribution in [0.5, 0.6) is 23.0 Å². The lowest BCUT2D eigenvalue weighted by atomic mass is 9.88. The van der Waals surface area contributed by atoms with Crippen molar-refractivity contribution in [1.82, 2.24) is 4.90 Å². The van der Waals surface area contributed by atoms with Crippen molar-refractivity contribution in [2.75, 3.05) is 21.3 Å². The van der Waals surface area contributed by atoms with Crippen LogP contribution in [0.15, 0.2) is 47.5 Å². The third kappa shape index (κ3) is 5.29. The molecule has 0 aromatic heterocycles. The first-order chi connectivity index (χ1) is 17.2. The number of benzene rings is 2. The van der Waals surface area contributed by atoms with E-state index in [2.05, 4.69) is 11.9 Å². The Labute approximate surface area is 214 Å². The Balaban J connectivity index is 1.70. The van der Waals surface area contributed by atoms with Crippen LogP contribution in [0.3, 0.4) is 0 Å². The van der Waals surface area contributed by atoms with E-state index in [1.165, 1.54) is 0 Å². The van der Waals surface area contributed by atoms with Crippen molar-refractivity contribution in [2.24, 2.45) is 0 Å². The lowest BCUT2D eigenvalue weighted by molar-refractivity contribution is -0.114. The maximum Gasteiger partial charge on any atom is 0.188 e. The summed E-state index contributed by atoms with van der Waals surface area (Å²) >= 11 is 0. The van der Waals surface area contributed by atoms with Gasteiger partial charge < -0.3 is 18.9 Å². The summed E-state index contributed by atoms with van der Waals surface area (Å²) in [5, 5.41) is 0. The van der Waals surface area contributed by atoms with Gasteiger partial charge in [0.2, 0.25) is 0 Å². The predicted molar refractivity (Wildman–Crippen MR) is 143 cm³/mol. The van der Waals surface area contributed by atoms with E-state index in [0.29, 0.717) is 23.0 Å². The van der Waals surface area contributed by atoms with Gasteiger partial charge >= 0.3 is 0 Å². The Morgan fingerprint density at radius 2 is 1.17 bits per heavy atom. The third-order valence-electron chi connectivity index (χ3n) is 6.68. The van der Waals surface area contributed by atoms with E-state index in [1.54, 1.807) is 14.2 Å². The van der Waals surface area contributed by atoms with Crippen LogP contribution in [0.1, 0.15) is 51.7 Å². The Hall–Kier alpha value is -3.25. The van der Waals surface area contributed by atoms with Crippen molar-refractivity contribution < 1.29 is 23.7 Å². The molecule has 6 heteroatoms. The van der Waals surface area contributed by atoms with Crippen LogP contribution in [-0.2, 0) is 4.79 Å². The van der Waals surface area contributed by atoms with E-state index >= 15 is 0 Å². The number of carbonyl (C=O) groups is 1. The zero-order valence-corrected chi connectivity index (χ0v) is 22.3. The normalized spacial score (nSPS) is 22.1. The first-order valence-corrected chi connectivity index (χ1v) is 12.6. The van der Waals surface area contributed by atoms with Gasteiger partial charge in [-0.05, 0) is 95.1 Å². The Kier molecular flexibility index (Phi) is 7.74. The van der Waals surface area contributed by atoms with Crippen molar-refractivity contribution in [3.05, 3.63) is 58.7 Å². The van der Waals surface area contributed by atoms with E-state index < -0.39 is 0 Å². The van der Waals surface area contributed by atoms with Gasteiger partial charge in [0.25, 0.3) is 0 Å². The fourth-order valence-corrected chi connectivity index (χ4v) is 5.09. The van der Waals surface area contributed by atoms with Gasteiger partial charge in [0, 0.05) is 23.2 Å². The second-order valence-electron chi connectivity index (χ2n) is 9.96. The van der Waals surface area contributed by atoms with Gasteiger partial charge in [-0.2, -0.15) is 0 Å². The molecule has 0 aliphatic carbocycles. The van der Waals surface area contributed by atoms with Gasteiger partial charge in [0.1, 0.15) is 0 Å². The molecular formula is C30H37NO5. The Morgan fingerprint density at radius 1 is 0.750 bits per heavy atom. The molecule has 2 aromatic carbocycles. The van der Waals surface area contributed by atoms with Crippen LogP contribution in [0.4, 0.5) is 0 Å². The Bertz CT molecular complexity index is 1090. The molecule has 2 fully saturated rings. The molecule has 0 radical (unpaired) electrons. The summed E-state index contributed by atoms with van der Waals surface area (Å²) in [5.41, 5.74) is 3.45. The van der Waals surface area contributed by atoms with Crippen LogP contribution < -0.4 is 18.9 Å². The summed E-state index contributed by atoms with van der Waals surface area (Å²) in [4.78, 5) is 16.1. The topological polar surface area (TPSA) is 57.2 Å². The number of rotatable bonds is 8. The first kappa shape index (κ1) is 25.8. The van der Waals surface area contributed by atoms with E-state index in [-0.39, 0.29) is 30.1 Å². The smallest absolute Gasteiger partial charge is 0.188 e. The molecule has 0 spiro atoms. The molecule has 2 atom stereocenters. The summed E-state index contributed by atoms with van der Waals surface area (Å²) in [6.07, 6.45) is 5.99. The average Bonchev–Trinajstić information content (AvgIpc) is 3.15. The predicted octanol–water partition coefficient (Wildman–Crippen LogP) is 5.79. The molecule has 2 aliphatic heterocycles. The molecule has 6 nitrogen and oxygen atoms in total. The number of methoxy groups -OCH3 is 2. The highest BCUT2D eigenvalue weighted by atomic mass is 16.5. The van der Waals surface area contributed by atoms with Crippen LogP contribution in [0.2, 0.25) is 0 Å². The van der Waals surface area contributed by atoms with Gasteiger partial charge in [0.05, 0.1) is 26.4 Å². The number of Topliss-reactive ketones (excluding diaryl/α,β-unsaturated/α-hetero) is 1. The quantitative estimate of drug-likeness (QED) is 0.436. The molecule has 2 heterocycles. The largest absolute Gasteiger partial charge is 0.493 e. The lowest BCUT2D eigenvalue weighted by Gasteiger charge is -2.34. The van der Waals surface area contributed by atoms with Crippen LogP contribution in [0, 0.1) is 0 Å². The van der Waals surface area contributed by atoms with Crippen LogP contribution >= 0.6 is 0 Å². The molecule has 0 saturated carbocycles. The fourth-order valence-electron chi connectivity index (χ4n) is 5.09. The van der Waals surface area contributed by atoms with E-state index in [9.17, 15) is 4.79 Å². The number of fused-ring (bicyclic) bond motifs is 2. The minimum atomic E-state index is 0.0458. The number of likely N-dealkylation sites (N-methyl/N-ethyl adjacent to an activating group) is 1. The SMILES string of the molecule is COc1cc(/C=C2/C(=O)/C(=C/c3ccc(OC(C)C)c(OC)c3)[C@H]3CC[C@H]2N3C)ccc1OC(C)C. The van der Waals surface area contributed by atoms with E-state index in [0.717, 1.165) is 35.1 Å². The third-order valence-corrected chi connectivity index (χ3v) is 6.68. The van der Waals surface area contributed by atoms with Gasteiger partial charge in [-0.25, -0.2) is 0 Å². The van der Waals surface area contributed by atoms with Crippen molar-refractivity contribution in [3.8, 4) is 23.0 Å². The van der Waals surface area contributed by atoms with Gasteiger partial charge in [-0.3, -0.25) is 9.69 Å². The maximum absolute atomic E-state index is 13.8. The number of piperidine rings is 1. The van der Waals surface area contributed by atoms with Crippen LogP contribution in [-0.4, -0.2) is 56.2 Å². The molecule has 2 aromatic rings. The molecule has 0 unspecified atom stereocenters. The fraction of sp³-hybridized carbons (Fsp3) is 0.433. The number of ether oxygens (including phenoxy) is 4. The van der Waals surface area contributed by atoms with Crippen molar-refractivity contribution in [2.45, 2.75) is 64.8 Å². The maximum atomic E-state index is 13.8. The van der Waals surface area contributed by atoms with Gasteiger partial charge in [-0.15, -0.1) is 0 Å². The summed E-state index contributed by atoms with van der Waals surface area (Å²) in [5.74, 6) is 2.81. The van der Waals surface area contributed by atoms with E-state index in [4.69, 9.17) is 18.9 Å². The minimum absolute atomic E-state index is 0.0458. The second-order valence-corrected chi connectivity index (χ2v) is 9.96. The van der Waals surface area contributed by atoms with Gasteiger partial charge in [-0.1, -0.05) is 12.1 Å². The van der Waals surface area contributed by atoms with Crippen molar-refractivity contribution in [3.63, 3.8) is 0 Å². The second kappa shape index (κ2) is 10.8. The number of ketones is 1. The van der Waals surface area contributed by atoms with Crippen molar-refractivity contribution in [1.29, 1.82) is 0 Å². The minimum Gasteiger partial charge on any atom is -0.493 e. The lowest BCUT2D eigenvalue weighted by Crippen LogP contribution is -2.43. The molecule has 4 rings (SSSR count). The number of hydrogen-bond acceptors (Lipinski definition) is 6. The highest BCUT2D eigenvalue weighted by Crippen LogP contribution is 2.41. The van der Waals surface area contributed by atoms with E-state index in [1.807, 2.05) is 76.2 Å². The highest BCUT2D eigenvalue weighted by molar-refractivity contribution is 6.16. The standard InChI is InChI=1S/C30H37NO5/c1-18(2)35-26-12-8-20(16-28(26)33-6)14-22-24-10-11-25(31(24)5)23(30(22)32)15-21-9-13-27(36-19(3)4)29(17-21)34-7/h8-9,12-19,24-25H,10-11H2,1-7H3/b22-14+,23-15+/t24-,25-/m1/s1. The zero-order chi connectivity index (χ0) is 26.0. The van der Waals surface area contributed by atoms with Crippen molar-refractivity contribution >= 4 is 17.9 Å². The molecule has 0 amide bonds. The molecule has 0 N–H and O–H groups in total. The average molecular weight is 492 g/mol. The molecule has 192 valence electrons.